The Morgan fingerprint density at radius 3 is 2.20 bits per heavy atom. The lowest BCUT2D eigenvalue weighted by molar-refractivity contribution is 0.0743. The summed E-state index contributed by atoms with van der Waals surface area (Å²) < 4.78 is 20.5. The third kappa shape index (κ3) is 6.52. The molecular weight excluding hydrogens is 646 g/mol. The van der Waals surface area contributed by atoms with Crippen molar-refractivity contribution in [2.75, 3.05) is 38.0 Å². The molecule has 4 aromatic heterocycles. The monoisotopic (exact) mass is 679 g/mol. The zero-order valence-corrected chi connectivity index (χ0v) is 28.2. The summed E-state index contributed by atoms with van der Waals surface area (Å²) in [5.74, 6) is 4.11. The lowest BCUT2D eigenvalue weighted by atomic mass is 10.1. The molecule has 0 aliphatic carbocycles. The number of methoxy groups -OCH3 is 2. The highest BCUT2D eigenvalue weighted by molar-refractivity contribution is 6.36. The van der Waals surface area contributed by atoms with Gasteiger partial charge in [0.05, 0.1) is 27.0 Å². The molecule has 0 unspecified atom stereocenters. The Kier molecular flexibility index (Phi) is 8.66. The Morgan fingerprint density at radius 1 is 0.878 bits per heavy atom. The van der Waals surface area contributed by atoms with Crippen molar-refractivity contribution >= 4 is 46.3 Å². The summed E-state index contributed by atoms with van der Waals surface area (Å²) >= 11 is 6.93. The Hall–Kier alpha value is -5.82. The van der Waals surface area contributed by atoms with Gasteiger partial charge in [-0.25, -0.2) is 9.97 Å². The molecular formula is C35H34ClN9O4. The van der Waals surface area contributed by atoms with Crippen LogP contribution >= 0.6 is 11.6 Å². The largest absolute Gasteiger partial charge is 0.497 e. The van der Waals surface area contributed by atoms with Crippen LogP contribution in [-0.4, -0.2) is 67.9 Å². The van der Waals surface area contributed by atoms with Gasteiger partial charge in [-0.3, -0.25) is 9.48 Å². The highest BCUT2D eigenvalue weighted by atomic mass is 35.5. The van der Waals surface area contributed by atoms with Crippen LogP contribution in [0.25, 0.3) is 11.2 Å². The Balaban J connectivity index is 1.14. The van der Waals surface area contributed by atoms with E-state index in [9.17, 15) is 4.79 Å². The van der Waals surface area contributed by atoms with Crippen molar-refractivity contribution < 1.29 is 19.0 Å². The number of carbonyl (C=O) groups is 1. The molecule has 1 aliphatic rings. The van der Waals surface area contributed by atoms with Crippen LogP contribution in [0.1, 0.15) is 21.6 Å². The maximum Gasteiger partial charge on any atom is 0.272 e. The average Bonchev–Trinajstić information content (AvgIpc) is 3.68. The molecule has 0 radical (unpaired) electrons. The summed E-state index contributed by atoms with van der Waals surface area (Å²) in [5, 5.41) is 8.09. The maximum absolute atomic E-state index is 12.5. The molecule has 250 valence electrons. The van der Waals surface area contributed by atoms with E-state index in [1.165, 1.54) is 0 Å². The minimum Gasteiger partial charge on any atom is -0.497 e. The van der Waals surface area contributed by atoms with Gasteiger partial charge >= 0.3 is 0 Å². The summed E-state index contributed by atoms with van der Waals surface area (Å²) in [6.45, 7) is 2.41. The van der Waals surface area contributed by atoms with E-state index in [0.29, 0.717) is 77.1 Å². The lowest BCUT2D eigenvalue weighted by Gasteiger charge is -2.25. The number of hydrogen-bond acceptors (Lipinski definition) is 10. The number of rotatable bonds is 11. The average molecular weight is 680 g/mol. The van der Waals surface area contributed by atoms with E-state index in [1.54, 1.807) is 59.9 Å². The smallest absolute Gasteiger partial charge is 0.272 e. The minimum atomic E-state index is -0.0767. The maximum atomic E-state index is 12.5. The molecule has 0 fully saturated rings. The number of carbonyl (C=O) groups excluding carboxylic acids is 1. The van der Waals surface area contributed by atoms with Crippen molar-refractivity contribution in [2.24, 2.45) is 7.05 Å². The number of benzene rings is 2. The summed E-state index contributed by atoms with van der Waals surface area (Å²) in [6.07, 6.45) is 3.26. The molecule has 6 aromatic rings. The van der Waals surface area contributed by atoms with Crippen LogP contribution in [0.5, 0.6) is 23.0 Å². The third-order valence-electron chi connectivity index (χ3n) is 8.37. The predicted octanol–water partition coefficient (Wildman–Crippen LogP) is 6.06. The van der Waals surface area contributed by atoms with Gasteiger partial charge in [-0.1, -0.05) is 35.9 Å². The van der Waals surface area contributed by atoms with E-state index in [-0.39, 0.29) is 5.91 Å². The van der Waals surface area contributed by atoms with Crippen LogP contribution in [0.3, 0.4) is 0 Å². The van der Waals surface area contributed by atoms with E-state index in [2.05, 4.69) is 25.3 Å². The normalized spacial score (nSPS) is 12.6. The second-order valence-electron chi connectivity index (χ2n) is 11.6. The topological polar surface area (TPSA) is 125 Å². The first-order valence-corrected chi connectivity index (χ1v) is 15.9. The van der Waals surface area contributed by atoms with Gasteiger partial charge < -0.3 is 33.9 Å². The van der Waals surface area contributed by atoms with Crippen molar-refractivity contribution in [3.8, 4) is 23.0 Å². The number of halogens is 1. The van der Waals surface area contributed by atoms with E-state index < -0.39 is 0 Å². The first-order chi connectivity index (χ1) is 23.8. The van der Waals surface area contributed by atoms with Gasteiger partial charge in [-0.2, -0.15) is 10.1 Å². The summed E-state index contributed by atoms with van der Waals surface area (Å²) in [5.41, 5.74) is 3.72. The van der Waals surface area contributed by atoms with E-state index in [1.807, 2.05) is 61.6 Å². The van der Waals surface area contributed by atoms with Gasteiger partial charge in [0, 0.05) is 52.1 Å². The van der Waals surface area contributed by atoms with Crippen LogP contribution in [-0.2, 0) is 26.7 Å². The molecule has 1 N–H and O–H groups in total. The van der Waals surface area contributed by atoms with Crippen molar-refractivity contribution in [3.63, 3.8) is 0 Å². The molecule has 13 nitrogen and oxygen atoms in total. The highest BCUT2D eigenvalue weighted by Gasteiger charge is 2.25. The second-order valence-corrected chi connectivity index (χ2v) is 12.0. The van der Waals surface area contributed by atoms with Gasteiger partial charge in [-0.05, 0) is 41.5 Å². The number of likely N-dealkylation sites (N-methyl/N-ethyl adjacent to an activating group) is 1. The highest BCUT2D eigenvalue weighted by Crippen LogP contribution is 2.36. The van der Waals surface area contributed by atoms with Gasteiger partial charge in [0.25, 0.3) is 5.91 Å². The fraction of sp³-hybridized carbons (Fsp3) is 0.229. The number of fused-ring (bicyclic) bond motifs is 2. The molecule has 5 heterocycles. The summed E-state index contributed by atoms with van der Waals surface area (Å²) in [4.78, 5) is 30.2. The molecule has 1 amide bonds. The van der Waals surface area contributed by atoms with E-state index in [0.717, 1.165) is 22.6 Å². The van der Waals surface area contributed by atoms with Crippen molar-refractivity contribution in [1.29, 1.82) is 0 Å². The minimum absolute atomic E-state index is 0.0767. The van der Waals surface area contributed by atoms with E-state index >= 15 is 0 Å². The van der Waals surface area contributed by atoms with E-state index in [4.69, 9.17) is 30.8 Å². The second kappa shape index (κ2) is 13.4. The zero-order valence-electron chi connectivity index (χ0n) is 27.4. The number of hydrogen-bond donors (Lipinski definition) is 1. The Labute approximate surface area is 287 Å². The first kappa shape index (κ1) is 31.8. The van der Waals surface area contributed by atoms with Crippen molar-refractivity contribution in [1.82, 2.24) is 34.2 Å². The third-order valence-corrected chi connectivity index (χ3v) is 8.74. The molecule has 0 bridgehead atoms. The Bertz CT molecular complexity index is 2080. The number of aryl methyl sites for hydroxylation is 1. The molecule has 0 atom stereocenters. The molecule has 14 heteroatoms. The molecule has 7 rings (SSSR count). The summed E-state index contributed by atoms with van der Waals surface area (Å²) in [6, 6.07) is 21.3. The first-order valence-electron chi connectivity index (χ1n) is 15.6. The molecule has 2 aromatic carbocycles. The number of amides is 1. The van der Waals surface area contributed by atoms with Crippen molar-refractivity contribution in [2.45, 2.75) is 19.6 Å². The summed E-state index contributed by atoms with van der Waals surface area (Å²) in [7, 11) is 6.91. The van der Waals surface area contributed by atoms with Gasteiger partial charge in [-0.15, -0.1) is 0 Å². The standard InChI is InChI=1S/C35H34ClN9O4/c1-42-15-16-45-27(34(42)46)18-29(41-45)39-35-40-33-32(43(35)2)31(36)28(19-38-33)49-26-13-14-37-30(17-26)44(20-22-5-9-24(47-3)10-6-22)21-23-7-11-25(48-4)12-8-23/h5-14,17-19H,15-16,20-21H2,1-4H3,(H,38,39,40,41). The van der Waals surface area contributed by atoms with Gasteiger partial charge in [0.1, 0.15) is 39.3 Å². The van der Waals surface area contributed by atoms with Gasteiger partial charge in [0.15, 0.2) is 17.2 Å². The number of aromatic nitrogens is 6. The van der Waals surface area contributed by atoms with Crippen LogP contribution in [0.15, 0.2) is 79.1 Å². The predicted molar refractivity (Wildman–Crippen MR) is 186 cm³/mol. The molecule has 0 saturated carbocycles. The number of imidazole rings is 1. The lowest BCUT2D eigenvalue weighted by Crippen LogP contribution is -2.37. The molecule has 0 spiro atoms. The fourth-order valence-electron chi connectivity index (χ4n) is 5.66. The van der Waals surface area contributed by atoms with Gasteiger partial charge in [0.2, 0.25) is 5.95 Å². The molecule has 0 saturated heterocycles. The number of nitrogens with one attached hydrogen (secondary N) is 1. The number of ether oxygens (including phenoxy) is 3. The number of nitrogens with zero attached hydrogens (tertiary/aromatic N) is 8. The van der Waals surface area contributed by atoms with Crippen LogP contribution in [0.2, 0.25) is 5.02 Å². The van der Waals surface area contributed by atoms with Crippen LogP contribution in [0.4, 0.5) is 17.6 Å². The SMILES string of the molecule is COc1ccc(CN(Cc2ccc(OC)cc2)c2cc(Oc3cnc4nc(Nc5cc6n(n5)CCN(C)C6=O)n(C)c4c3Cl)ccn2)cc1. The van der Waals surface area contributed by atoms with Crippen LogP contribution < -0.4 is 24.4 Å². The number of pyridine rings is 2. The molecule has 49 heavy (non-hydrogen) atoms. The quantitative estimate of drug-likeness (QED) is 0.173. The number of anilines is 3. The van der Waals surface area contributed by atoms with Crippen molar-refractivity contribution in [3.05, 3.63) is 101 Å². The molecule has 1 aliphatic heterocycles. The van der Waals surface area contributed by atoms with Crippen LogP contribution in [0, 0.1) is 0 Å². The fourth-order valence-corrected chi connectivity index (χ4v) is 5.95. The zero-order chi connectivity index (χ0) is 34.1. The Morgan fingerprint density at radius 2 is 1.55 bits per heavy atom.